The third-order valence-electron chi connectivity index (χ3n) is 4.08. The van der Waals surface area contributed by atoms with Gasteiger partial charge in [-0.05, 0) is 30.7 Å². The van der Waals surface area contributed by atoms with Crippen molar-refractivity contribution in [3.8, 4) is 11.5 Å². The number of fused-ring (bicyclic) bond motifs is 1. The minimum Gasteiger partial charge on any atom is -0.420 e. The number of aromatic nitrogens is 1. The second-order valence-corrected chi connectivity index (χ2v) is 7.89. The van der Waals surface area contributed by atoms with Gasteiger partial charge in [0.25, 0.3) is 0 Å². The standard InChI is InChI=1S/C20H25N2O5P/c1-4-25-28(23,26-5-2)20-19(21-13-14-24-3)27-18(22-20)17-12-8-10-15-9-6-7-11-16(15)17/h6-12,21H,4-5,13-14H2,1-3H3. The van der Waals surface area contributed by atoms with Gasteiger partial charge in [-0.15, -0.1) is 0 Å². The van der Waals surface area contributed by atoms with Gasteiger partial charge in [-0.2, -0.15) is 4.98 Å². The molecule has 0 unspecified atom stereocenters. The summed E-state index contributed by atoms with van der Waals surface area (Å²) in [5.41, 5.74) is 0.953. The Morgan fingerprint density at radius 2 is 1.79 bits per heavy atom. The van der Waals surface area contributed by atoms with E-state index in [2.05, 4.69) is 10.3 Å². The number of nitrogens with one attached hydrogen (secondary N) is 1. The lowest BCUT2D eigenvalue weighted by atomic mass is 10.0. The number of rotatable bonds is 10. The Hall–Kier alpha value is -2.18. The quantitative estimate of drug-likeness (QED) is 0.395. The van der Waals surface area contributed by atoms with Gasteiger partial charge in [0.1, 0.15) is 0 Å². The SMILES string of the molecule is CCOP(=O)(OCC)c1nc(-c2cccc3ccccc23)oc1NCCOC. The van der Waals surface area contributed by atoms with Gasteiger partial charge in [0.2, 0.25) is 17.2 Å². The Bertz CT molecular complexity index is 957. The van der Waals surface area contributed by atoms with Crippen molar-refractivity contribution < 1.29 is 22.8 Å². The van der Waals surface area contributed by atoms with E-state index >= 15 is 0 Å². The average Bonchev–Trinajstić information content (AvgIpc) is 3.13. The van der Waals surface area contributed by atoms with E-state index < -0.39 is 7.60 Å². The van der Waals surface area contributed by atoms with E-state index in [-0.39, 0.29) is 24.5 Å². The van der Waals surface area contributed by atoms with Gasteiger partial charge in [-0.1, -0.05) is 36.4 Å². The second kappa shape index (κ2) is 9.34. The smallest absolute Gasteiger partial charge is 0.385 e. The molecule has 1 heterocycles. The molecule has 1 N–H and O–H groups in total. The van der Waals surface area contributed by atoms with Crippen molar-refractivity contribution in [2.45, 2.75) is 13.8 Å². The molecule has 28 heavy (non-hydrogen) atoms. The first-order valence-corrected chi connectivity index (χ1v) is 10.8. The Labute approximate surface area is 164 Å². The number of benzene rings is 2. The van der Waals surface area contributed by atoms with Crippen LogP contribution >= 0.6 is 7.60 Å². The Morgan fingerprint density at radius 1 is 1.07 bits per heavy atom. The molecular formula is C20H25N2O5P. The predicted molar refractivity (Wildman–Crippen MR) is 110 cm³/mol. The lowest BCUT2D eigenvalue weighted by molar-refractivity contribution is 0.210. The fraction of sp³-hybridized carbons (Fsp3) is 0.350. The maximum Gasteiger partial charge on any atom is 0.385 e. The van der Waals surface area contributed by atoms with Crippen molar-refractivity contribution >= 4 is 29.7 Å². The third kappa shape index (κ3) is 4.28. The summed E-state index contributed by atoms with van der Waals surface area (Å²) in [6, 6.07) is 13.8. The van der Waals surface area contributed by atoms with Crippen LogP contribution in [0.2, 0.25) is 0 Å². The number of ether oxygens (including phenoxy) is 1. The van der Waals surface area contributed by atoms with Crippen molar-refractivity contribution in [1.29, 1.82) is 0 Å². The topological polar surface area (TPSA) is 82.8 Å². The molecule has 0 saturated carbocycles. The van der Waals surface area contributed by atoms with E-state index in [1.54, 1.807) is 21.0 Å². The van der Waals surface area contributed by atoms with Crippen LogP contribution in [-0.4, -0.2) is 38.5 Å². The Balaban J connectivity index is 2.11. The molecule has 0 aliphatic heterocycles. The number of hydrogen-bond donors (Lipinski definition) is 1. The highest BCUT2D eigenvalue weighted by Gasteiger charge is 2.36. The molecule has 0 spiro atoms. The van der Waals surface area contributed by atoms with Crippen molar-refractivity contribution in [3.63, 3.8) is 0 Å². The molecule has 3 rings (SSSR count). The fourth-order valence-corrected chi connectivity index (χ4v) is 4.49. The van der Waals surface area contributed by atoms with Gasteiger partial charge in [0.15, 0.2) is 0 Å². The largest absolute Gasteiger partial charge is 0.420 e. The maximum atomic E-state index is 13.3. The minimum atomic E-state index is -3.63. The van der Waals surface area contributed by atoms with Gasteiger partial charge in [0.05, 0.1) is 19.8 Å². The maximum absolute atomic E-state index is 13.3. The van der Waals surface area contributed by atoms with Gasteiger partial charge >= 0.3 is 7.60 Å². The fourth-order valence-electron chi connectivity index (χ4n) is 2.91. The van der Waals surface area contributed by atoms with Crippen LogP contribution in [0.5, 0.6) is 0 Å². The number of hydrogen-bond acceptors (Lipinski definition) is 7. The average molecular weight is 404 g/mol. The zero-order valence-electron chi connectivity index (χ0n) is 16.3. The molecule has 7 nitrogen and oxygen atoms in total. The molecule has 0 atom stereocenters. The van der Waals surface area contributed by atoms with E-state index in [1.165, 1.54) is 0 Å². The highest BCUT2D eigenvalue weighted by atomic mass is 31.2. The molecule has 8 heteroatoms. The van der Waals surface area contributed by atoms with Crippen LogP contribution < -0.4 is 10.8 Å². The molecule has 3 aromatic rings. The molecule has 0 radical (unpaired) electrons. The Morgan fingerprint density at radius 3 is 2.50 bits per heavy atom. The van der Waals surface area contributed by atoms with Crippen LogP contribution in [0.1, 0.15) is 13.8 Å². The third-order valence-corrected chi connectivity index (χ3v) is 6.10. The summed E-state index contributed by atoms with van der Waals surface area (Å²) < 4.78 is 35.4. The van der Waals surface area contributed by atoms with Gasteiger partial charge in [-0.25, -0.2) is 0 Å². The monoisotopic (exact) mass is 404 g/mol. The van der Waals surface area contributed by atoms with Gasteiger partial charge in [-0.3, -0.25) is 4.57 Å². The first-order chi connectivity index (χ1) is 13.6. The summed E-state index contributed by atoms with van der Waals surface area (Å²) in [5, 5.41) is 5.14. The molecule has 0 saturated heterocycles. The van der Waals surface area contributed by atoms with E-state index in [1.807, 2.05) is 42.5 Å². The van der Waals surface area contributed by atoms with Crippen LogP contribution in [0, 0.1) is 0 Å². The molecule has 0 bridgehead atoms. The van der Waals surface area contributed by atoms with Crippen molar-refractivity contribution in [2.75, 3.05) is 38.8 Å². The van der Waals surface area contributed by atoms with Gasteiger partial charge in [0, 0.05) is 19.2 Å². The van der Waals surface area contributed by atoms with E-state index in [0.29, 0.717) is 19.0 Å². The zero-order chi connectivity index (χ0) is 20.0. The van der Waals surface area contributed by atoms with Crippen LogP contribution in [0.4, 0.5) is 5.88 Å². The molecule has 0 aliphatic carbocycles. The highest BCUT2D eigenvalue weighted by molar-refractivity contribution is 7.62. The zero-order valence-corrected chi connectivity index (χ0v) is 17.2. The first-order valence-electron chi connectivity index (χ1n) is 9.24. The molecular weight excluding hydrogens is 379 g/mol. The normalized spacial score (nSPS) is 11.8. The molecule has 0 aliphatic rings. The molecule has 0 amide bonds. The Kier molecular flexibility index (Phi) is 6.86. The minimum absolute atomic E-state index is 0.148. The van der Waals surface area contributed by atoms with Crippen molar-refractivity contribution in [3.05, 3.63) is 42.5 Å². The van der Waals surface area contributed by atoms with E-state index in [4.69, 9.17) is 18.2 Å². The van der Waals surface area contributed by atoms with E-state index in [0.717, 1.165) is 16.3 Å². The van der Waals surface area contributed by atoms with Crippen molar-refractivity contribution in [1.82, 2.24) is 4.98 Å². The van der Waals surface area contributed by atoms with Crippen molar-refractivity contribution in [2.24, 2.45) is 0 Å². The van der Waals surface area contributed by atoms with Crippen LogP contribution in [-0.2, 0) is 18.3 Å². The second-order valence-electron chi connectivity index (χ2n) is 5.95. The summed E-state index contributed by atoms with van der Waals surface area (Å²) in [4.78, 5) is 4.54. The lowest BCUT2D eigenvalue weighted by Gasteiger charge is -2.15. The lowest BCUT2D eigenvalue weighted by Crippen LogP contribution is -2.18. The number of anilines is 1. The van der Waals surface area contributed by atoms with E-state index in [9.17, 15) is 4.57 Å². The summed E-state index contributed by atoms with van der Waals surface area (Å²) in [7, 11) is -2.02. The summed E-state index contributed by atoms with van der Waals surface area (Å²) >= 11 is 0. The molecule has 150 valence electrons. The number of oxazole rings is 1. The molecule has 1 aromatic heterocycles. The molecule has 2 aromatic carbocycles. The number of methoxy groups -OCH3 is 1. The van der Waals surface area contributed by atoms with Gasteiger partial charge < -0.3 is 23.5 Å². The predicted octanol–water partition coefficient (Wildman–Crippen LogP) is 4.44. The molecule has 0 fully saturated rings. The summed E-state index contributed by atoms with van der Waals surface area (Å²) in [6.07, 6.45) is 0. The van der Waals surface area contributed by atoms with Crippen LogP contribution in [0.15, 0.2) is 46.9 Å². The summed E-state index contributed by atoms with van der Waals surface area (Å²) in [6.45, 7) is 4.89. The van der Waals surface area contributed by atoms with Crippen LogP contribution in [0.3, 0.4) is 0 Å². The highest BCUT2D eigenvalue weighted by Crippen LogP contribution is 2.49. The van der Waals surface area contributed by atoms with Crippen LogP contribution in [0.25, 0.3) is 22.2 Å². The summed E-state index contributed by atoms with van der Waals surface area (Å²) in [5.74, 6) is 0.622. The number of nitrogens with zero attached hydrogens (tertiary/aromatic N) is 1. The first kappa shape index (κ1) is 20.6.